The third kappa shape index (κ3) is 8.55. The Morgan fingerprint density at radius 3 is 2.32 bits per heavy atom. The molecule has 3 rings (SSSR count). The first-order chi connectivity index (χ1) is 17.7. The quantitative estimate of drug-likeness (QED) is 0.294. The molecule has 202 valence electrons. The number of hydrogen-bond acceptors (Lipinski definition) is 6. The highest BCUT2D eigenvalue weighted by atomic mass is 32.2. The number of sulfonamides is 1. The van der Waals surface area contributed by atoms with Gasteiger partial charge in [-0.15, -0.1) is 0 Å². The number of carbonyl (C=O) groups is 2. The molecule has 0 spiro atoms. The van der Waals surface area contributed by atoms with Gasteiger partial charge in [0.15, 0.2) is 0 Å². The molecule has 2 aromatic carbocycles. The molecule has 0 bridgehead atoms. The van der Waals surface area contributed by atoms with Crippen molar-refractivity contribution in [2.75, 3.05) is 32.8 Å². The van der Waals surface area contributed by atoms with Gasteiger partial charge in [0.05, 0.1) is 17.9 Å². The predicted octanol–water partition coefficient (Wildman–Crippen LogP) is 2.05. The first-order valence-electron chi connectivity index (χ1n) is 12.8. The minimum Gasteiger partial charge on any atom is -0.494 e. The number of nitrogens with one attached hydrogen (secondary N) is 4. The molecule has 0 saturated carbocycles. The molecule has 9 nitrogen and oxygen atoms in total. The molecule has 1 aliphatic heterocycles. The zero-order valence-corrected chi connectivity index (χ0v) is 22.5. The van der Waals surface area contributed by atoms with E-state index in [0.717, 1.165) is 29.7 Å². The van der Waals surface area contributed by atoms with Crippen LogP contribution < -0.4 is 25.4 Å². The summed E-state index contributed by atoms with van der Waals surface area (Å²) in [5.74, 6) is 0.221. The third-order valence-corrected chi connectivity index (χ3v) is 7.84. The number of carbonyl (C=O) groups excluding carboxylic acids is 2. The number of rotatable bonds is 13. The van der Waals surface area contributed by atoms with E-state index in [0.29, 0.717) is 32.5 Å². The van der Waals surface area contributed by atoms with Crippen LogP contribution in [0.4, 0.5) is 0 Å². The Hall–Kier alpha value is -2.95. The van der Waals surface area contributed by atoms with E-state index < -0.39 is 15.6 Å². The standard InChI is InChI=1S/C27H38N4O5S/c1-3-4-19-36-23-9-7-22(8-10-23)20-25(32)31-27(13-15-28-16-14-27)26(33)29-17-18-30-37(34,35)24-11-5-21(2)6-12-24/h5-12,28,30H,3-4,13-20H2,1-2H3,(H,29,33)(H,31,32). The van der Waals surface area contributed by atoms with Gasteiger partial charge in [-0.1, -0.05) is 43.2 Å². The van der Waals surface area contributed by atoms with Gasteiger partial charge in [0, 0.05) is 13.1 Å². The van der Waals surface area contributed by atoms with Gasteiger partial charge < -0.3 is 20.7 Å². The second-order valence-electron chi connectivity index (χ2n) is 9.37. The van der Waals surface area contributed by atoms with Gasteiger partial charge in [-0.05, 0) is 69.1 Å². The summed E-state index contributed by atoms with van der Waals surface area (Å²) in [5, 5.41) is 8.98. The van der Waals surface area contributed by atoms with Crippen LogP contribution in [0.3, 0.4) is 0 Å². The fraction of sp³-hybridized carbons (Fsp3) is 0.481. The molecule has 0 unspecified atom stereocenters. The van der Waals surface area contributed by atoms with E-state index in [4.69, 9.17) is 4.74 Å². The summed E-state index contributed by atoms with van der Waals surface area (Å²) in [5.41, 5.74) is 0.755. The summed E-state index contributed by atoms with van der Waals surface area (Å²) in [6, 6.07) is 14.0. The van der Waals surface area contributed by atoms with Crippen molar-refractivity contribution in [3.63, 3.8) is 0 Å². The molecule has 37 heavy (non-hydrogen) atoms. The lowest BCUT2D eigenvalue weighted by atomic mass is 9.86. The molecule has 1 heterocycles. The second-order valence-corrected chi connectivity index (χ2v) is 11.1. The molecule has 10 heteroatoms. The molecule has 0 aromatic heterocycles. The van der Waals surface area contributed by atoms with E-state index in [-0.39, 0.29) is 36.2 Å². The summed E-state index contributed by atoms with van der Waals surface area (Å²) in [7, 11) is -3.67. The maximum Gasteiger partial charge on any atom is 0.245 e. The van der Waals surface area contributed by atoms with Gasteiger partial charge in [-0.25, -0.2) is 13.1 Å². The monoisotopic (exact) mass is 530 g/mol. The smallest absolute Gasteiger partial charge is 0.245 e. The van der Waals surface area contributed by atoms with Gasteiger partial charge >= 0.3 is 0 Å². The summed E-state index contributed by atoms with van der Waals surface area (Å²) in [6.07, 6.45) is 3.09. The Morgan fingerprint density at radius 2 is 1.68 bits per heavy atom. The molecule has 2 aromatic rings. The molecule has 2 amide bonds. The van der Waals surface area contributed by atoms with Crippen molar-refractivity contribution in [2.45, 2.75) is 56.4 Å². The molecule has 1 fully saturated rings. The van der Waals surface area contributed by atoms with Gasteiger partial charge in [0.1, 0.15) is 11.3 Å². The predicted molar refractivity (Wildman–Crippen MR) is 143 cm³/mol. The van der Waals surface area contributed by atoms with Crippen LogP contribution in [0.15, 0.2) is 53.4 Å². The molecular formula is C27H38N4O5S. The van der Waals surface area contributed by atoms with Crippen LogP contribution in [-0.4, -0.2) is 58.6 Å². The van der Waals surface area contributed by atoms with Gasteiger partial charge in [0.25, 0.3) is 0 Å². The van der Waals surface area contributed by atoms with E-state index in [1.54, 1.807) is 24.3 Å². The largest absolute Gasteiger partial charge is 0.494 e. The van der Waals surface area contributed by atoms with Crippen molar-refractivity contribution in [1.29, 1.82) is 0 Å². The number of piperidine rings is 1. The van der Waals surface area contributed by atoms with Crippen molar-refractivity contribution < 1.29 is 22.7 Å². The average molecular weight is 531 g/mol. The van der Waals surface area contributed by atoms with E-state index in [2.05, 4.69) is 27.6 Å². The van der Waals surface area contributed by atoms with Crippen LogP contribution in [0.1, 0.15) is 43.7 Å². The topological polar surface area (TPSA) is 126 Å². The van der Waals surface area contributed by atoms with E-state index in [1.165, 1.54) is 0 Å². The van der Waals surface area contributed by atoms with Gasteiger partial charge in [0.2, 0.25) is 21.8 Å². The van der Waals surface area contributed by atoms with Crippen molar-refractivity contribution >= 4 is 21.8 Å². The summed E-state index contributed by atoms with van der Waals surface area (Å²) >= 11 is 0. The Labute approximate surface area is 219 Å². The van der Waals surface area contributed by atoms with Gasteiger partial charge in [-0.2, -0.15) is 0 Å². The van der Waals surface area contributed by atoms with Crippen LogP contribution in [0, 0.1) is 6.92 Å². The lowest BCUT2D eigenvalue weighted by Gasteiger charge is -2.37. The van der Waals surface area contributed by atoms with Crippen molar-refractivity contribution in [1.82, 2.24) is 20.7 Å². The average Bonchev–Trinajstić information content (AvgIpc) is 2.88. The molecule has 1 aliphatic rings. The molecule has 4 N–H and O–H groups in total. The highest BCUT2D eigenvalue weighted by molar-refractivity contribution is 7.89. The molecule has 0 atom stereocenters. The number of amides is 2. The van der Waals surface area contributed by atoms with Crippen LogP contribution >= 0.6 is 0 Å². The van der Waals surface area contributed by atoms with E-state index in [9.17, 15) is 18.0 Å². The minimum absolute atomic E-state index is 0.0386. The van der Waals surface area contributed by atoms with Crippen molar-refractivity contribution in [3.8, 4) is 5.75 Å². The highest BCUT2D eigenvalue weighted by Gasteiger charge is 2.40. The molecule has 0 radical (unpaired) electrons. The first kappa shape index (κ1) is 28.6. The Morgan fingerprint density at radius 1 is 1.00 bits per heavy atom. The van der Waals surface area contributed by atoms with Crippen LogP contribution in [0.5, 0.6) is 5.75 Å². The van der Waals surface area contributed by atoms with Crippen LogP contribution in [0.25, 0.3) is 0 Å². The molecule has 1 saturated heterocycles. The number of unbranched alkanes of at least 4 members (excludes halogenated alkanes) is 1. The summed E-state index contributed by atoms with van der Waals surface area (Å²) < 4.78 is 33.1. The normalized spacial score (nSPS) is 15.1. The van der Waals surface area contributed by atoms with Crippen LogP contribution in [0.2, 0.25) is 0 Å². The number of hydrogen-bond donors (Lipinski definition) is 4. The lowest BCUT2D eigenvalue weighted by molar-refractivity contribution is -0.134. The van der Waals surface area contributed by atoms with Gasteiger partial charge in [-0.3, -0.25) is 9.59 Å². The zero-order valence-electron chi connectivity index (χ0n) is 21.6. The Kier molecular flexibility index (Phi) is 10.5. The Bertz CT molecular complexity index is 1130. The SMILES string of the molecule is CCCCOc1ccc(CC(=O)NC2(C(=O)NCCNS(=O)(=O)c3ccc(C)cc3)CCNCC2)cc1. The van der Waals surface area contributed by atoms with Crippen molar-refractivity contribution in [3.05, 3.63) is 59.7 Å². The second kappa shape index (κ2) is 13.6. The molecule has 0 aliphatic carbocycles. The Balaban J connectivity index is 1.52. The van der Waals surface area contributed by atoms with E-state index in [1.807, 2.05) is 31.2 Å². The zero-order chi connectivity index (χ0) is 26.7. The highest BCUT2D eigenvalue weighted by Crippen LogP contribution is 2.20. The fourth-order valence-corrected chi connectivity index (χ4v) is 5.16. The maximum atomic E-state index is 13.2. The number of benzene rings is 2. The fourth-order valence-electron chi connectivity index (χ4n) is 4.13. The lowest BCUT2D eigenvalue weighted by Crippen LogP contribution is -2.63. The van der Waals surface area contributed by atoms with E-state index >= 15 is 0 Å². The van der Waals surface area contributed by atoms with Crippen LogP contribution in [-0.2, 0) is 26.0 Å². The third-order valence-electron chi connectivity index (χ3n) is 6.36. The minimum atomic E-state index is -3.67. The maximum absolute atomic E-state index is 13.2. The summed E-state index contributed by atoms with van der Waals surface area (Å²) in [4.78, 5) is 26.2. The number of aryl methyl sites for hydroxylation is 1. The van der Waals surface area contributed by atoms with Crippen molar-refractivity contribution in [2.24, 2.45) is 0 Å². The first-order valence-corrected chi connectivity index (χ1v) is 14.3. The summed E-state index contributed by atoms with van der Waals surface area (Å²) in [6.45, 7) is 5.99. The number of ether oxygens (including phenoxy) is 1. The molecular weight excluding hydrogens is 492 g/mol.